The summed E-state index contributed by atoms with van der Waals surface area (Å²) in [6.07, 6.45) is 3.39. The molecular formula is C19H23N3O2. The molecule has 1 aromatic heterocycles. The lowest BCUT2D eigenvalue weighted by molar-refractivity contribution is 0.286. The molecule has 24 heavy (non-hydrogen) atoms. The standard InChI is InChI=1S/C19H23N3O2/c1-3-4-5-10-24-17-9-6-13(11-18(17)23-2)19-21-15-8-7-14(20)12-16(15)22-19/h6-9,11-12H,3-5,10,20H2,1-2H3,(H,21,22). The van der Waals surface area contributed by atoms with E-state index in [1.54, 1.807) is 7.11 Å². The summed E-state index contributed by atoms with van der Waals surface area (Å²) in [5.41, 5.74) is 9.29. The van der Waals surface area contributed by atoms with Crippen molar-refractivity contribution in [3.05, 3.63) is 36.4 Å². The predicted octanol–water partition coefficient (Wildman–Crippen LogP) is 4.39. The second-order valence-electron chi connectivity index (χ2n) is 5.78. The molecule has 1 heterocycles. The Morgan fingerprint density at radius 2 is 1.96 bits per heavy atom. The van der Waals surface area contributed by atoms with Gasteiger partial charge in [-0.05, 0) is 42.8 Å². The minimum absolute atomic E-state index is 0.702. The number of nitrogens with two attached hydrogens (primary N) is 1. The highest BCUT2D eigenvalue weighted by molar-refractivity contribution is 5.82. The van der Waals surface area contributed by atoms with Crippen molar-refractivity contribution in [1.82, 2.24) is 9.97 Å². The van der Waals surface area contributed by atoms with Gasteiger partial charge >= 0.3 is 0 Å². The summed E-state index contributed by atoms with van der Waals surface area (Å²) in [4.78, 5) is 7.90. The zero-order chi connectivity index (χ0) is 16.9. The fraction of sp³-hybridized carbons (Fsp3) is 0.316. The van der Waals surface area contributed by atoms with Gasteiger partial charge in [-0.1, -0.05) is 19.8 Å². The van der Waals surface area contributed by atoms with E-state index in [4.69, 9.17) is 15.2 Å². The first-order valence-corrected chi connectivity index (χ1v) is 8.27. The molecule has 0 spiro atoms. The Balaban J connectivity index is 1.84. The molecule has 3 N–H and O–H groups in total. The molecule has 0 unspecified atom stereocenters. The molecule has 0 aliphatic heterocycles. The van der Waals surface area contributed by atoms with Gasteiger partial charge in [-0.3, -0.25) is 0 Å². The number of imidazole rings is 1. The van der Waals surface area contributed by atoms with Crippen molar-refractivity contribution in [2.24, 2.45) is 0 Å². The van der Waals surface area contributed by atoms with Crippen molar-refractivity contribution in [2.45, 2.75) is 26.2 Å². The number of benzene rings is 2. The highest BCUT2D eigenvalue weighted by atomic mass is 16.5. The van der Waals surface area contributed by atoms with Gasteiger partial charge in [0.05, 0.1) is 24.8 Å². The number of H-pyrrole nitrogens is 1. The van der Waals surface area contributed by atoms with Crippen LogP contribution in [0.15, 0.2) is 36.4 Å². The van der Waals surface area contributed by atoms with Crippen LogP contribution in [0.1, 0.15) is 26.2 Å². The van der Waals surface area contributed by atoms with Gasteiger partial charge in [0.1, 0.15) is 5.82 Å². The number of aromatic nitrogens is 2. The molecule has 0 aliphatic carbocycles. The predicted molar refractivity (Wildman–Crippen MR) is 97.5 cm³/mol. The maximum atomic E-state index is 5.82. The molecule has 0 saturated carbocycles. The number of ether oxygens (including phenoxy) is 2. The van der Waals surface area contributed by atoms with Crippen LogP contribution in [0.2, 0.25) is 0 Å². The number of anilines is 1. The van der Waals surface area contributed by atoms with Gasteiger partial charge in [0.2, 0.25) is 0 Å². The summed E-state index contributed by atoms with van der Waals surface area (Å²) in [5, 5.41) is 0. The molecule has 3 rings (SSSR count). The average molecular weight is 325 g/mol. The van der Waals surface area contributed by atoms with Crippen molar-refractivity contribution < 1.29 is 9.47 Å². The summed E-state index contributed by atoms with van der Waals surface area (Å²) >= 11 is 0. The molecule has 0 radical (unpaired) electrons. The highest BCUT2D eigenvalue weighted by Crippen LogP contribution is 2.32. The van der Waals surface area contributed by atoms with Gasteiger partial charge in [0.15, 0.2) is 11.5 Å². The number of nitrogen functional groups attached to an aromatic ring is 1. The monoisotopic (exact) mass is 325 g/mol. The highest BCUT2D eigenvalue weighted by Gasteiger charge is 2.10. The fourth-order valence-corrected chi connectivity index (χ4v) is 2.63. The number of nitrogens with zero attached hydrogens (tertiary/aromatic N) is 1. The Hall–Kier alpha value is -2.69. The first kappa shape index (κ1) is 16.2. The Labute approximate surface area is 141 Å². The first-order chi connectivity index (χ1) is 11.7. The topological polar surface area (TPSA) is 73.2 Å². The van der Waals surface area contributed by atoms with Gasteiger partial charge in [0.25, 0.3) is 0 Å². The third-order valence-corrected chi connectivity index (χ3v) is 3.95. The Bertz CT molecular complexity index is 827. The second kappa shape index (κ2) is 7.25. The first-order valence-electron chi connectivity index (χ1n) is 8.27. The van der Waals surface area contributed by atoms with Gasteiger partial charge < -0.3 is 20.2 Å². The zero-order valence-corrected chi connectivity index (χ0v) is 14.1. The van der Waals surface area contributed by atoms with E-state index in [9.17, 15) is 0 Å². The largest absolute Gasteiger partial charge is 0.493 e. The smallest absolute Gasteiger partial charge is 0.161 e. The molecule has 5 heteroatoms. The molecule has 0 atom stereocenters. The number of methoxy groups -OCH3 is 1. The SMILES string of the molecule is CCCCCOc1ccc(-c2nc3ccc(N)cc3[nH]2)cc1OC. The van der Waals surface area contributed by atoms with E-state index < -0.39 is 0 Å². The lowest BCUT2D eigenvalue weighted by Crippen LogP contribution is -1.99. The Morgan fingerprint density at radius 1 is 1.08 bits per heavy atom. The number of hydrogen-bond acceptors (Lipinski definition) is 4. The van der Waals surface area contributed by atoms with E-state index in [1.807, 2.05) is 36.4 Å². The Morgan fingerprint density at radius 3 is 2.75 bits per heavy atom. The molecule has 3 aromatic rings. The minimum atomic E-state index is 0.702. The van der Waals surface area contributed by atoms with Crippen molar-refractivity contribution in [1.29, 1.82) is 0 Å². The molecule has 2 aromatic carbocycles. The van der Waals surface area contributed by atoms with Crippen LogP contribution in [0.3, 0.4) is 0 Å². The zero-order valence-electron chi connectivity index (χ0n) is 14.1. The van der Waals surface area contributed by atoms with Gasteiger partial charge in [0, 0.05) is 11.3 Å². The van der Waals surface area contributed by atoms with Crippen molar-refractivity contribution in [2.75, 3.05) is 19.5 Å². The summed E-state index contributed by atoms with van der Waals surface area (Å²) in [5.74, 6) is 2.26. The Kier molecular flexibility index (Phi) is 4.89. The number of rotatable bonds is 7. The van der Waals surface area contributed by atoms with Gasteiger partial charge in [-0.25, -0.2) is 4.98 Å². The van der Waals surface area contributed by atoms with Crippen molar-refractivity contribution in [3.63, 3.8) is 0 Å². The van der Waals surface area contributed by atoms with Crippen LogP contribution in [0.5, 0.6) is 11.5 Å². The van der Waals surface area contributed by atoms with E-state index in [2.05, 4.69) is 16.9 Å². The van der Waals surface area contributed by atoms with Gasteiger partial charge in [-0.2, -0.15) is 0 Å². The maximum Gasteiger partial charge on any atom is 0.161 e. The van der Waals surface area contributed by atoms with Crippen LogP contribution in [-0.4, -0.2) is 23.7 Å². The number of nitrogens with one attached hydrogen (secondary N) is 1. The second-order valence-corrected chi connectivity index (χ2v) is 5.78. The third-order valence-electron chi connectivity index (χ3n) is 3.95. The van der Waals surface area contributed by atoms with E-state index in [1.165, 1.54) is 12.8 Å². The molecular weight excluding hydrogens is 302 g/mol. The van der Waals surface area contributed by atoms with Crippen LogP contribution in [0.25, 0.3) is 22.4 Å². The lowest BCUT2D eigenvalue weighted by Gasteiger charge is -2.11. The van der Waals surface area contributed by atoms with Crippen LogP contribution in [0.4, 0.5) is 5.69 Å². The molecule has 126 valence electrons. The van der Waals surface area contributed by atoms with Crippen molar-refractivity contribution in [3.8, 4) is 22.9 Å². The van der Waals surface area contributed by atoms with E-state index in [0.29, 0.717) is 18.0 Å². The van der Waals surface area contributed by atoms with E-state index >= 15 is 0 Å². The number of aromatic amines is 1. The van der Waals surface area contributed by atoms with Crippen LogP contribution >= 0.6 is 0 Å². The quantitative estimate of drug-likeness (QED) is 0.499. The molecule has 0 amide bonds. The van der Waals surface area contributed by atoms with Gasteiger partial charge in [-0.15, -0.1) is 0 Å². The number of unbranched alkanes of at least 4 members (excludes halogenated alkanes) is 2. The van der Waals surface area contributed by atoms with Crippen LogP contribution in [-0.2, 0) is 0 Å². The average Bonchev–Trinajstić information content (AvgIpc) is 3.01. The van der Waals surface area contributed by atoms with E-state index in [0.717, 1.165) is 34.6 Å². The summed E-state index contributed by atoms with van der Waals surface area (Å²) in [6, 6.07) is 11.5. The summed E-state index contributed by atoms with van der Waals surface area (Å²) in [6.45, 7) is 2.88. The summed E-state index contributed by atoms with van der Waals surface area (Å²) < 4.78 is 11.3. The number of fused-ring (bicyclic) bond motifs is 1. The number of hydrogen-bond donors (Lipinski definition) is 2. The normalized spacial score (nSPS) is 10.9. The van der Waals surface area contributed by atoms with Crippen LogP contribution < -0.4 is 15.2 Å². The third kappa shape index (κ3) is 3.45. The minimum Gasteiger partial charge on any atom is -0.493 e. The molecule has 0 aliphatic rings. The van der Waals surface area contributed by atoms with E-state index in [-0.39, 0.29) is 0 Å². The molecule has 0 bridgehead atoms. The maximum absolute atomic E-state index is 5.82. The molecule has 5 nitrogen and oxygen atoms in total. The van der Waals surface area contributed by atoms with Crippen LogP contribution in [0, 0.1) is 0 Å². The molecule has 0 fully saturated rings. The summed E-state index contributed by atoms with van der Waals surface area (Å²) in [7, 11) is 1.65. The lowest BCUT2D eigenvalue weighted by atomic mass is 10.2. The molecule has 0 saturated heterocycles. The fourth-order valence-electron chi connectivity index (χ4n) is 2.63. The van der Waals surface area contributed by atoms with Crippen molar-refractivity contribution >= 4 is 16.7 Å².